The molecule has 0 bridgehead atoms. The van der Waals surface area contributed by atoms with Crippen molar-refractivity contribution in [2.75, 3.05) is 87.3 Å². The Morgan fingerprint density at radius 1 is 0.593 bits per heavy atom. The van der Waals surface area contributed by atoms with Crippen LogP contribution in [0.15, 0.2) is 46.2 Å². The molecular formula is C30H38N10O12S2. The van der Waals surface area contributed by atoms with Crippen LogP contribution in [0.3, 0.4) is 0 Å². The minimum absolute atomic E-state index is 0.0402. The zero-order valence-electron chi connectivity index (χ0n) is 28.8. The molecule has 0 aliphatic heterocycles. The minimum atomic E-state index is -4.88. The van der Waals surface area contributed by atoms with Crippen molar-refractivity contribution in [1.29, 1.82) is 0 Å². The number of nitrogens with one attached hydrogen (secondary N) is 2. The van der Waals surface area contributed by atoms with Crippen LogP contribution >= 0.6 is 0 Å². The molecular weight excluding hydrogens is 757 g/mol. The Hall–Kier alpha value is -5.34. The lowest BCUT2D eigenvalue weighted by atomic mass is 10.1. The first-order valence-electron chi connectivity index (χ1n) is 15.7. The lowest BCUT2D eigenvalue weighted by Crippen LogP contribution is -2.31. The van der Waals surface area contributed by atoms with Crippen LogP contribution in [0, 0.1) is 0 Å². The largest absolute Gasteiger partial charge is 0.467 e. The molecule has 0 aliphatic carbocycles. The van der Waals surface area contributed by atoms with Crippen LogP contribution in [0.2, 0.25) is 0 Å². The molecule has 2 heterocycles. The second-order valence-corrected chi connectivity index (χ2v) is 13.6. The number of anilines is 6. The Balaban J connectivity index is 1.67. The number of methoxy groups -OCH3 is 2. The number of aliphatic hydroxyl groups is 4. The molecule has 0 radical (unpaired) electrons. The molecule has 4 rings (SSSR count). The van der Waals surface area contributed by atoms with Gasteiger partial charge in [0.2, 0.25) is 23.8 Å². The van der Waals surface area contributed by atoms with E-state index in [1.165, 1.54) is 60.4 Å². The molecule has 0 amide bonds. The third kappa shape index (κ3) is 11.1. The van der Waals surface area contributed by atoms with Gasteiger partial charge in [-0.2, -0.15) is 46.7 Å². The van der Waals surface area contributed by atoms with E-state index in [0.717, 1.165) is 12.1 Å². The summed E-state index contributed by atoms with van der Waals surface area (Å²) in [6, 6.07) is 7.32. The zero-order valence-corrected chi connectivity index (χ0v) is 30.4. The van der Waals surface area contributed by atoms with Crippen LogP contribution in [0.5, 0.6) is 12.0 Å². The highest BCUT2D eigenvalue weighted by Gasteiger charge is 2.20. The van der Waals surface area contributed by atoms with E-state index < -0.39 is 30.0 Å². The van der Waals surface area contributed by atoms with E-state index >= 15 is 0 Å². The van der Waals surface area contributed by atoms with Crippen LogP contribution in [0.4, 0.5) is 35.2 Å². The molecule has 24 heteroatoms. The average Bonchev–Trinajstić information content (AvgIpc) is 3.13. The number of aromatic nitrogens is 6. The molecule has 54 heavy (non-hydrogen) atoms. The van der Waals surface area contributed by atoms with E-state index in [2.05, 4.69) is 40.5 Å². The quantitative estimate of drug-likeness (QED) is 0.0424. The van der Waals surface area contributed by atoms with Gasteiger partial charge in [0.25, 0.3) is 20.2 Å². The molecule has 8 N–H and O–H groups in total. The Bertz CT molecular complexity index is 2000. The van der Waals surface area contributed by atoms with Gasteiger partial charge in [0.1, 0.15) is 9.79 Å². The van der Waals surface area contributed by atoms with Crippen molar-refractivity contribution in [1.82, 2.24) is 29.9 Å². The smallest absolute Gasteiger partial charge is 0.322 e. The number of nitrogens with zero attached hydrogens (tertiary/aromatic N) is 8. The van der Waals surface area contributed by atoms with Crippen LogP contribution in [-0.2, 0) is 20.2 Å². The van der Waals surface area contributed by atoms with Gasteiger partial charge in [-0.25, -0.2) is 0 Å². The fraction of sp³-hybridized carbons (Fsp3) is 0.333. The van der Waals surface area contributed by atoms with Crippen molar-refractivity contribution in [3.8, 4) is 12.0 Å². The van der Waals surface area contributed by atoms with E-state index in [1.54, 1.807) is 0 Å². The predicted octanol–water partition coefficient (Wildman–Crippen LogP) is -0.193. The van der Waals surface area contributed by atoms with E-state index in [-0.39, 0.29) is 111 Å². The Morgan fingerprint density at radius 2 is 0.944 bits per heavy atom. The van der Waals surface area contributed by atoms with E-state index in [1.807, 2.05) is 0 Å². The standard InChI is InChI=1S/C30H38N10O12S2/c1-51-29-35-25(33-27(37-29)39(9-13-41)10-14-42)31-21-7-5-19(23(17-21)53(45,46)47)3-4-20-6-8-22(18-24(20)54(48,49)50)32-26-34-28(38-30(36-26)52-2)40(11-15-43)12-16-44/h3-8,17-18,41-44H,9-16H2,1-2H3,(H,45,46,47)(H,48,49,50)(H,31,33,35,37)(H,32,34,36,38). The minimum Gasteiger partial charge on any atom is -0.467 e. The number of benzene rings is 2. The first kappa shape index (κ1) is 41.4. The Labute approximate surface area is 309 Å². The molecule has 0 fully saturated rings. The number of aliphatic hydroxyl groups excluding tert-OH is 4. The SMILES string of the molecule is COc1nc(Nc2ccc(C=Cc3ccc(Nc4nc(OC)nc(N(CCO)CCO)n4)cc3S(=O)(=O)O)c(S(=O)(=O)O)c2)nc(N(CCO)CCO)n1. The monoisotopic (exact) mass is 794 g/mol. The first-order valence-corrected chi connectivity index (χ1v) is 18.6. The average molecular weight is 795 g/mol. The highest BCUT2D eigenvalue weighted by molar-refractivity contribution is 7.86. The van der Waals surface area contributed by atoms with Crippen LogP contribution < -0.4 is 29.9 Å². The maximum atomic E-state index is 12.5. The summed E-state index contributed by atoms with van der Waals surface area (Å²) in [7, 11) is -7.14. The summed E-state index contributed by atoms with van der Waals surface area (Å²) < 4.78 is 80.3. The van der Waals surface area contributed by atoms with Gasteiger partial charge in [-0.15, -0.1) is 0 Å². The Morgan fingerprint density at radius 3 is 1.24 bits per heavy atom. The molecule has 4 aromatic rings. The second-order valence-electron chi connectivity index (χ2n) is 10.8. The van der Waals surface area contributed by atoms with Crippen molar-refractivity contribution in [2.24, 2.45) is 0 Å². The van der Waals surface area contributed by atoms with Crippen molar-refractivity contribution < 1.29 is 55.8 Å². The lowest BCUT2D eigenvalue weighted by molar-refractivity contribution is 0.279. The van der Waals surface area contributed by atoms with Gasteiger partial charge in [-0.05, 0) is 35.4 Å². The van der Waals surface area contributed by atoms with Crippen molar-refractivity contribution in [3.63, 3.8) is 0 Å². The van der Waals surface area contributed by atoms with Gasteiger partial charge in [0, 0.05) is 37.6 Å². The topological polar surface area (TPSA) is 316 Å². The summed E-state index contributed by atoms with van der Waals surface area (Å²) in [5.41, 5.74) is 0.0472. The summed E-state index contributed by atoms with van der Waals surface area (Å²) in [5, 5.41) is 43.2. The zero-order chi connectivity index (χ0) is 39.5. The molecule has 0 aliphatic rings. The third-order valence-corrected chi connectivity index (χ3v) is 8.97. The van der Waals surface area contributed by atoms with E-state index in [9.17, 15) is 46.4 Å². The van der Waals surface area contributed by atoms with E-state index in [4.69, 9.17) is 9.47 Å². The molecule has 2 aromatic heterocycles. The van der Waals surface area contributed by atoms with Crippen LogP contribution in [0.25, 0.3) is 12.2 Å². The molecule has 0 saturated heterocycles. The number of hydrogen-bond acceptors (Lipinski definition) is 20. The molecule has 0 atom stereocenters. The first-order chi connectivity index (χ1) is 25.7. The third-order valence-electron chi connectivity index (χ3n) is 7.15. The highest BCUT2D eigenvalue weighted by Crippen LogP contribution is 2.29. The Kier molecular flexibility index (Phi) is 14.3. The van der Waals surface area contributed by atoms with Gasteiger partial charge in [0.05, 0.1) is 40.6 Å². The van der Waals surface area contributed by atoms with Crippen molar-refractivity contribution >= 4 is 67.6 Å². The number of rotatable bonds is 20. The molecule has 22 nitrogen and oxygen atoms in total. The summed E-state index contributed by atoms with van der Waals surface area (Å²) in [6.07, 6.45) is 2.41. The summed E-state index contributed by atoms with van der Waals surface area (Å²) in [5.74, 6) is -0.127. The van der Waals surface area contributed by atoms with Crippen LogP contribution in [-0.4, -0.2) is 143 Å². The van der Waals surface area contributed by atoms with Crippen molar-refractivity contribution in [2.45, 2.75) is 9.79 Å². The second kappa shape index (κ2) is 18.6. The molecule has 0 saturated carbocycles. The summed E-state index contributed by atoms with van der Waals surface area (Å²) in [6.45, 7) is -0.787. The van der Waals surface area contributed by atoms with Gasteiger partial charge < -0.3 is 50.3 Å². The van der Waals surface area contributed by atoms with Crippen LogP contribution in [0.1, 0.15) is 11.1 Å². The number of ether oxygens (including phenoxy) is 2. The highest BCUT2D eigenvalue weighted by atomic mass is 32.2. The van der Waals surface area contributed by atoms with E-state index in [0.29, 0.717) is 0 Å². The molecule has 0 unspecified atom stereocenters. The van der Waals surface area contributed by atoms with Gasteiger partial charge in [-0.3, -0.25) is 9.11 Å². The van der Waals surface area contributed by atoms with Gasteiger partial charge >= 0.3 is 12.0 Å². The number of hydrogen-bond donors (Lipinski definition) is 8. The lowest BCUT2D eigenvalue weighted by Gasteiger charge is -2.21. The maximum Gasteiger partial charge on any atom is 0.322 e. The fourth-order valence-corrected chi connectivity index (χ4v) is 6.18. The molecule has 2 aromatic carbocycles. The van der Waals surface area contributed by atoms with Crippen molar-refractivity contribution in [3.05, 3.63) is 47.5 Å². The summed E-state index contributed by atoms with van der Waals surface area (Å²) >= 11 is 0. The molecule has 0 spiro atoms. The maximum absolute atomic E-state index is 12.5. The predicted molar refractivity (Wildman–Crippen MR) is 194 cm³/mol. The fourth-order valence-electron chi connectivity index (χ4n) is 4.76. The van der Waals surface area contributed by atoms with Gasteiger partial charge in [-0.1, -0.05) is 24.3 Å². The summed E-state index contributed by atoms with van der Waals surface area (Å²) in [4.78, 5) is 26.6. The molecule has 292 valence electrons. The normalized spacial score (nSPS) is 11.8. The van der Waals surface area contributed by atoms with Gasteiger partial charge in [0.15, 0.2) is 0 Å².